The van der Waals surface area contributed by atoms with Gasteiger partial charge in [-0.3, -0.25) is 0 Å². The number of rotatable bonds is 4. The second-order valence-electron chi connectivity index (χ2n) is 5.10. The van der Waals surface area contributed by atoms with Crippen LogP contribution in [0, 0.1) is 8.99 Å². The number of aromatic carboxylic acids is 1. The van der Waals surface area contributed by atoms with Gasteiger partial charge in [0.15, 0.2) is 0 Å². The lowest BCUT2D eigenvalue weighted by Gasteiger charge is -2.18. The van der Waals surface area contributed by atoms with Gasteiger partial charge in [0.25, 0.3) is 0 Å². The molecule has 1 rings (SSSR count). The summed E-state index contributed by atoms with van der Waals surface area (Å²) < 4.78 is 6.44. The molecule has 0 spiro atoms. The Balaban J connectivity index is 2.74. The Hall–Kier alpha value is -0.780. The predicted molar refractivity (Wildman–Crippen MR) is 75.7 cm³/mol. The van der Waals surface area contributed by atoms with Gasteiger partial charge < -0.3 is 9.84 Å². The quantitative estimate of drug-likeness (QED) is 0.842. The number of ether oxygens (including phenoxy) is 1. The van der Waals surface area contributed by atoms with Crippen LogP contribution in [0.2, 0.25) is 0 Å². The van der Waals surface area contributed by atoms with Crippen LogP contribution in [-0.4, -0.2) is 17.7 Å². The third-order valence-corrected chi connectivity index (χ3v) is 2.95. The molecule has 3 nitrogen and oxygen atoms in total. The van der Waals surface area contributed by atoms with Crippen LogP contribution in [0.25, 0.3) is 0 Å². The summed E-state index contributed by atoms with van der Waals surface area (Å²) in [6.07, 6.45) is 0.887. The highest BCUT2D eigenvalue weighted by Crippen LogP contribution is 2.23. The first-order chi connectivity index (χ1) is 7.79. The second kappa shape index (κ2) is 5.71. The highest BCUT2D eigenvalue weighted by molar-refractivity contribution is 14.1. The first kappa shape index (κ1) is 14.3. The van der Waals surface area contributed by atoms with Crippen LogP contribution in [0.4, 0.5) is 0 Å². The summed E-state index contributed by atoms with van der Waals surface area (Å²) in [7, 11) is 0. The first-order valence-corrected chi connectivity index (χ1v) is 6.53. The Labute approximate surface area is 115 Å². The minimum atomic E-state index is -0.950. The number of benzene rings is 1. The largest absolute Gasteiger partial charge is 0.493 e. The smallest absolute Gasteiger partial charge is 0.339 e. The molecule has 17 heavy (non-hydrogen) atoms. The lowest BCUT2D eigenvalue weighted by Crippen LogP contribution is -2.12. The van der Waals surface area contributed by atoms with Crippen molar-refractivity contribution < 1.29 is 14.6 Å². The third kappa shape index (κ3) is 4.93. The van der Waals surface area contributed by atoms with Crippen molar-refractivity contribution in [2.24, 2.45) is 5.41 Å². The summed E-state index contributed by atoms with van der Waals surface area (Å²) in [5.74, 6) is -0.503. The molecule has 0 unspecified atom stereocenters. The minimum absolute atomic E-state index is 0.187. The fraction of sp³-hybridized carbons (Fsp3) is 0.462. The van der Waals surface area contributed by atoms with Gasteiger partial charge in [-0.15, -0.1) is 0 Å². The molecule has 0 saturated carbocycles. The Bertz CT molecular complexity index is 408. The zero-order chi connectivity index (χ0) is 13.1. The van der Waals surface area contributed by atoms with Gasteiger partial charge in [-0.2, -0.15) is 0 Å². The fourth-order valence-electron chi connectivity index (χ4n) is 1.26. The van der Waals surface area contributed by atoms with Gasteiger partial charge in [0.1, 0.15) is 11.3 Å². The van der Waals surface area contributed by atoms with Crippen LogP contribution in [0.1, 0.15) is 37.6 Å². The van der Waals surface area contributed by atoms with Crippen LogP contribution in [-0.2, 0) is 0 Å². The van der Waals surface area contributed by atoms with E-state index in [1.54, 1.807) is 12.1 Å². The second-order valence-corrected chi connectivity index (χ2v) is 6.35. The average Bonchev–Trinajstić information content (AvgIpc) is 2.18. The third-order valence-electron chi connectivity index (χ3n) is 2.28. The summed E-state index contributed by atoms with van der Waals surface area (Å²) in [4.78, 5) is 11.1. The summed E-state index contributed by atoms with van der Waals surface area (Å²) in [5.41, 5.74) is 0.415. The summed E-state index contributed by atoms with van der Waals surface area (Å²) in [5, 5.41) is 9.07. The van der Waals surface area contributed by atoms with Crippen molar-refractivity contribution in [3.05, 3.63) is 27.3 Å². The van der Waals surface area contributed by atoms with Crippen molar-refractivity contribution in [2.75, 3.05) is 6.61 Å². The van der Waals surface area contributed by atoms with E-state index in [-0.39, 0.29) is 11.0 Å². The molecule has 94 valence electrons. The van der Waals surface area contributed by atoms with Crippen molar-refractivity contribution >= 4 is 28.6 Å². The van der Waals surface area contributed by atoms with E-state index in [1.807, 2.05) is 6.07 Å². The molecule has 0 aromatic heterocycles. The Morgan fingerprint density at radius 1 is 1.41 bits per heavy atom. The van der Waals surface area contributed by atoms with Crippen LogP contribution >= 0.6 is 22.6 Å². The molecule has 4 heteroatoms. The zero-order valence-electron chi connectivity index (χ0n) is 10.3. The number of halogens is 1. The minimum Gasteiger partial charge on any atom is -0.493 e. The maximum Gasteiger partial charge on any atom is 0.339 e. The van der Waals surface area contributed by atoms with E-state index in [9.17, 15) is 4.79 Å². The van der Waals surface area contributed by atoms with Crippen LogP contribution in [0.15, 0.2) is 18.2 Å². The van der Waals surface area contributed by atoms with Gasteiger partial charge in [-0.1, -0.05) is 20.8 Å². The van der Waals surface area contributed by atoms with Crippen molar-refractivity contribution in [1.82, 2.24) is 0 Å². The normalized spacial score (nSPS) is 11.3. The molecule has 0 atom stereocenters. The van der Waals surface area contributed by atoms with Crippen LogP contribution in [0.3, 0.4) is 0 Å². The molecule has 0 radical (unpaired) electrons. The SMILES string of the molecule is CC(C)(C)CCOc1ccc(I)cc1C(=O)O. The monoisotopic (exact) mass is 348 g/mol. The van der Waals surface area contributed by atoms with Crippen molar-refractivity contribution in [3.8, 4) is 5.75 Å². The highest BCUT2D eigenvalue weighted by atomic mass is 127. The van der Waals surface area contributed by atoms with E-state index in [4.69, 9.17) is 9.84 Å². The zero-order valence-corrected chi connectivity index (χ0v) is 12.4. The Morgan fingerprint density at radius 2 is 2.06 bits per heavy atom. The van der Waals surface area contributed by atoms with E-state index < -0.39 is 5.97 Å². The summed E-state index contributed by atoms with van der Waals surface area (Å²) in [6.45, 7) is 6.91. The molecular weight excluding hydrogens is 331 g/mol. The maximum atomic E-state index is 11.1. The van der Waals surface area contributed by atoms with Gasteiger partial charge >= 0.3 is 5.97 Å². The van der Waals surface area contributed by atoms with Crippen LogP contribution in [0.5, 0.6) is 5.75 Å². The van der Waals surface area contributed by atoms with Crippen molar-refractivity contribution in [2.45, 2.75) is 27.2 Å². The molecule has 0 heterocycles. The van der Waals surface area contributed by atoms with Crippen molar-refractivity contribution in [3.63, 3.8) is 0 Å². The molecule has 0 saturated heterocycles. The number of hydrogen-bond donors (Lipinski definition) is 1. The molecule has 0 aliphatic rings. The standard InChI is InChI=1S/C13H17IO3/c1-13(2,3)6-7-17-11-5-4-9(14)8-10(11)12(15)16/h4-5,8H,6-7H2,1-3H3,(H,15,16). The molecule has 0 aliphatic carbocycles. The molecule has 0 aliphatic heterocycles. The molecular formula is C13H17IO3. The molecule has 1 N–H and O–H groups in total. The van der Waals surface area contributed by atoms with Gasteiger partial charge in [-0.25, -0.2) is 4.79 Å². The summed E-state index contributed by atoms with van der Waals surface area (Å²) >= 11 is 2.09. The average molecular weight is 348 g/mol. The van der Waals surface area contributed by atoms with Gasteiger partial charge in [0, 0.05) is 3.57 Å². The van der Waals surface area contributed by atoms with E-state index in [1.165, 1.54) is 0 Å². The fourth-order valence-corrected chi connectivity index (χ4v) is 1.75. The lowest BCUT2D eigenvalue weighted by molar-refractivity contribution is 0.0691. The molecule has 0 amide bonds. The summed E-state index contributed by atoms with van der Waals surface area (Å²) in [6, 6.07) is 5.18. The Kier molecular flexibility index (Phi) is 4.80. The molecule has 0 fully saturated rings. The number of carboxylic acid groups (broad SMARTS) is 1. The van der Waals surface area contributed by atoms with Crippen LogP contribution < -0.4 is 4.74 Å². The van der Waals surface area contributed by atoms with Gasteiger partial charge in [0.2, 0.25) is 0 Å². The molecule has 1 aromatic rings. The predicted octanol–water partition coefficient (Wildman–Crippen LogP) is 3.80. The molecule has 0 bridgehead atoms. The lowest BCUT2D eigenvalue weighted by atomic mass is 9.93. The van der Waals surface area contributed by atoms with E-state index >= 15 is 0 Å². The van der Waals surface area contributed by atoms with Gasteiger partial charge in [0.05, 0.1) is 6.61 Å². The topological polar surface area (TPSA) is 46.5 Å². The number of carboxylic acids is 1. The van der Waals surface area contributed by atoms with E-state index in [0.717, 1.165) is 9.99 Å². The highest BCUT2D eigenvalue weighted by Gasteiger charge is 2.14. The van der Waals surface area contributed by atoms with Crippen molar-refractivity contribution in [1.29, 1.82) is 0 Å². The maximum absolute atomic E-state index is 11.1. The first-order valence-electron chi connectivity index (χ1n) is 5.45. The Morgan fingerprint density at radius 3 is 2.59 bits per heavy atom. The molecule has 1 aromatic carbocycles. The van der Waals surface area contributed by atoms with E-state index in [0.29, 0.717) is 12.4 Å². The number of hydrogen-bond acceptors (Lipinski definition) is 2. The van der Waals surface area contributed by atoms with E-state index in [2.05, 4.69) is 43.4 Å². The number of carbonyl (C=O) groups is 1. The van der Waals surface area contributed by atoms with Gasteiger partial charge in [-0.05, 0) is 52.6 Å².